The van der Waals surface area contributed by atoms with Crippen LogP contribution >= 0.6 is 23.2 Å². The van der Waals surface area contributed by atoms with Gasteiger partial charge in [-0.3, -0.25) is 4.79 Å². The SMILES string of the molecule is CCC(CCO)NC(=O)c1cc(N)c(Cl)c(Cl)c1. The number of hydrogen-bond acceptors (Lipinski definition) is 3. The fourth-order valence-electron chi connectivity index (χ4n) is 1.54. The summed E-state index contributed by atoms with van der Waals surface area (Å²) in [5.41, 5.74) is 6.27. The number of nitrogens with two attached hydrogens (primary N) is 1. The van der Waals surface area contributed by atoms with Crippen molar-refractivity contribution in [3.05, 3.63) is 27.7 Å². The quantitative estimate of drug-likeness (QED) is 0.729. The molecule has 6 heteroatoms. The van der Waals surface area contributed by atoms with E-state index >= 15 is 0 Å². The Morgan fingerprint density at radius 3 is 2.67 bits per heavy atom. The molecule has 0 saturated heterocycles. The van der Waals surface area contributed by atoms with Crippen molar-refractivity contribution in [3.63, 3.8) is 0 Å². The van der Waals surface area contributed by atoms with Crippen LogP contribution in [0.4, 0.5) is 5.69 Å². The number of halogens is 2. The lowest BCUT2D eigenvalue weighted by molar-refractivity contribution is 0.0929. The van der Waals surface area contributed by atoms with E-state index in [1.165, 1.54) is 12.1 Å². The standard InChI is InChI=1S/C12H16Cl2N2O2/c1-2-8(3-4-17)16-12(18)7-5-9(13)11(14)10(15)6-7/h5-6,8,17H,2-4,15H2,1H3,(H,16,18). The summed E-state index contributed by atoms with van der Waals surface area (Å²) in [5, 5.41) is 12.2. The highest BCUT2D eigenvalue weighted by atomic mass is 35.5. The van der Waals surface area contributed by atoms with Gasteiger partial charge in [0.1, 0.15) is 0 Å². The maximum atomic E-state index is 12.0. The molecule has 0 aromatic heterocycles. The minimum atomic E-state index is -0.277. The molecule has 1 aromatic carbocycles. The van der Waals surface area contributed by atoms with Crippen LogP contribution in [0.2, 0.25) is 10.0 Å². The molecule has 0 aliphatic heterocycles. The van der Waals surface area contributed by atoms with E-state index in [2.05, 4.69) is 5.32 Å². The number of hydrogen-bond donors (Lipinski definition) is 3. The Labute approximate surface area is 116 Å². The first-order valence-corrected chi connectivity index (χ1v) is 6.41. The molecule has 100 valence electrons. The minimum Gasteiger partial charge on any atom is -0.397 e. The van der Waals surface area contributed by atoms with E-state index in [1.54, 1.807) is 0 Å². The molecule has 1 rings (SSSR count). The number of carbonyl (C=O) groups excluding carboxylic acids is 1. The topological polar surface area (TPSA) is 75.3 Å². The zero-order valence-electron chi connectivity index (χ0n) is 10.0. The average Bonchev–Trinajstić information content (AvgIpc) is 2.34. The zero-order valence-corrected chi connectivity index (χ0v) is 11.6. The minimum absolute atomic E-state index is 0.0301. The number of aliphatic hydroxyl groups excluding tert-OH is 1. The Morgan fingerprint density at radius 1 is 1.50 bits per heavy atom. The van der Waals surface area contributed by atoms with Crippen molar-refractivity contribution in [1.82, 2.24) is 5.32 Å². The molecule has 0 saturated carbocycles. The molecule has 18 heavy (non-hydrogen) atoms. The van der Waals surface area contributed by atoms with Gasteiger partial charge in [0.05, 0.1) is 15.7 Å². The van der Waals surface area contributed by atoms with Gasteiger partial charge in [0, 0.05) is 18.2 Å². The van der Waals surface area contributed by atoms with Crippen LogP contribution in [-0.2, 0) is 0 Å². The Balaban J connectivity index is 2.84. The zero-order chi connectivity index (χ0) is 13.7. The normalized spacial score (nSPS) is 12.2. The molecule has 4 nitrogen and oxygen atoms in total. The van der Waals surface area contributed by atoms with Gasteiger partial charge in [0.2, 0.25) is 0 Å². The third kappa shape index (κ3) is 3.77. The Bertz CT molecular complexity index is 415. The number of amides is 1. The molecule has 4 N–H and O–H groups in total. The highest BCUT2D eigenvalue weighted by molar-refractivity contribution is 6.43. The van der Waals surface area contributed by atoms with E-state index in [0.717, 1.165) is 6.42 Å². The molecule has 0 aliphatic carbocycles. The van der Waals surface area contributed by atoms with Crippen LogP contribution in [0.25, 0.3) is 0 Å². The lowest BCUT2D eigenvalue weighted by atomic mass is 10.1. The van der Waals surface area contributed by atoms with Gasteiger partial charge in [0.25, 0.3) is 5.91 Å². The predicted octanol–water partition coefficient (Wildman–Crippen LogP) is 2.47. The van der Waals surface area contributed by atoms with Crippen LogP contribution in [0.5, 0.6) is 0 Å². The number of rotatable bonds is 5. The first-order valence-electron chi connectivity index (χ1n) is 5.65. The lowest BCUT2D eigenvalue weighted by Gasteiger charge is -2.16. The van der Waals surface area contributed by atoms with Crippen LogP contribution in [0, 0.1) is 0 Å². The van der Waals surface area contributed by atoms with Gasteiger partial charge >= 0.3 is 0 Å². The van der Waals surface area contributed by atoms with E-state index in [4.69, 9.17) is 34.0 Å². The number of nitrogen functional groups attached to an aromatic ring is 1. The second kappa shape index (κ2) is 6.83. The second-order valence-electron chi connectivity index (χ2n) is 3.95. The number of carbonyl (C=O) groups is 1. The van der Waals surface area contributed by atoms with E-state index in [0.29, 0.717) is 12.0 Å². The molecule has 0 radical (unpaired) electrons. The van der Waals surface area contributed by atoms with Gasteiger partial charge in [-0.2, -0.15) is 0 Å². The molecule has 1 amide bonds. The molecule has 1 unspecified atom stereocenters. The van der Waals surface area contributed by atoms with E-state index in [1.807, 2.05) is 6.92 Å². The predicted molar refractivity (Wildman–Crippen MR) is 74.1 cm³/mol. The Kier molecular flexibility index (Phi) is 5.72. The monoisotopic (exact) mass is 290 g/mol. The van der Waals surface area contributed by atoms with Crippen molar-refractivity contribution in [2.45, 2.75) is 25.8 Å². The third-order valence-electron chi connectivity index (χ3n) is 2.62. The first kappa shape index (κ1) is 15.1. The Morgan fingerprint density at radius 2 is 2.17 bits per heavy atom. The van der Waals surface area contributed by atoms with Gasteiger partial charge in [-0.1, -0.05) is 30.1 Å². The summed E-state index contributed by atoms with van der Waals surface area (Å²) in [4.78, 5) is 12.0. The van der Waals surface area contributed by atoms with Gasteiger partial charge in [-0.05, 0) is 25.0 Å². The number of benzene rings is 1. The van der Waals surface area contributed by atoms with Crippen molar-refractivity contribution in [3.8, 4) is 0 Å². The molecule has 1 atom stereocenters. The van der Waals surface area contributed by atoms with Crippen molar-refractivity contribution < 1.29 is 9.90 Å². The smallest absolute Gasteiger partial charge is 0.251 e. The van der Waals surface area contributed by atoms with E-state index < -0.39 is 0 Å². The van der Waals surface area contributed by atoms with Crippen LogP contribution in [0.15, 0.2) is 12.1 Å². The summed E-state index contributed by atoms with van der Waals surface area (Å²) >= 11 is 11.7. The molecule has 0 bridgehead atoms. The van der Waals surface area contributed by atoms with E-state index in [-0.39, 0.29) is 34.3 Å². The summed E-state index contributed by atoms with van der Waals surface area (Å²) in [5.74, 6) is -0.277. The van der Waals surface area contributed by atoms with Crippen LogP contribution in [0.1, 0.15) is 30.1 Å². The highest BCUT2D eigenvalue weighted by Crippen LogP contribution is 2.29. The maximum Gasteiger partial charge on any atom is 0.251 e. The molecule has 0 heterocycles. The fraction of sp³-hybridized carbons (Fsp3) is 0.417. The van der Waals surface area contributed by atoms with Crippen LogP contribution in [-0.4, -0.2) is 23.7 Å². The summed E-state index contributed by atoms with van der Waals surface area (Å²) < 4.78 is 0. The summed E-state index contributed by atoms with van der Waals surface area (Å²) in [6, 6.07) is 2.88. The largest absolute Gasteiger partial charge is 0.397 e. The van der Waals surface area contributed by atoms with Crippen molar-refractivity contribution in [2.75, 3.05) is 12.3 Å². The molecule has 0 spiro atoms. The lowest BCUT2D eigenvalue weighted by Crippen LogP contribution is -2.35. The Hall–Kier alpha value is -0.970. The molecule has 1 aromatic rings. The average molecular weight is 291 g/mol. The van der Waals surface area contributed by atoms with E-state index in [9.17, 15) is 4.79 Å². The van der Waals surface area contributed by atoms with Gasteiger partial charge < -0.3 is 16.2 Å². The summed E-state index contributed by atoms with van der Waals surface area (Å²) in [6.45, 7) is 1.96. The summed E-state index contributed by atoms with van der Waals surface area (Å²) in [6.07, 6.45) is 1.25. The molecular weight excluding hydrogens is 275 g/mol. The van der Waals surface area contributed by atoms with Crippen molar-refractivity contribution in [2.24, 2.45) is 0 Å². The van der Waals surface area contributed by atoms with Crippen LogP contribution in [0.3, 0.4) is 0 Å². The summed E-state index contributed by atoms with van der Waals surface area (Å²) in [7, 11) is 0. The maximum absolute atomic E-state index is 12.0. The molecule has 0 fully saturated rings. The van der Waals surface area contributed by atoms with Gasteiger partial charge in [0.15, 0.2) is 0 Å². The molecular formula is C12H16Cl2N2O2. The second-order valence-corrected chi connectivity index (χ2v) is 4.74. The number of anilines is 1. The fourth-order valence-corrected chi connectivity index (χ4v) is 1.88. The van der Waals surface area contributed by atoms with Crippen LogP contribution < -0.4 is 11.1 Å². The molecule has 0 aliphatic rings. The third-order valence-corrected chi connectivity index (χ3v) is 3.44. The van der Waals surface area contributed by atoms with Crippen molar-refractivity contribution >= 4 is 34.8 Å². The first-order chi connectivity index (χ1) is 8.49. The van der Waals surface area contributed by atoms with Gasteiger partial charge in [-0.25, -0.2) is 0 Å². The number of nitrogens with one attached hydrogen (secondary N) is 1. The highest BCUT2D eigenvalue weighted by Gasteiger charge is 2.14. The van der Waals surface area contributed by atoms with Gasteiger partial charge in [-0.15, -0.1) is 0 Å². The van der Waals surface area contributed by atoms with Crippen molar-refractivity contribution in [1.29, 1.82) is 0 Å². The number of aliphatic hydroxyl groups is 1.